The summed E-state index contributed by atoms with van der Waals surface area (Å²) in [6, 6.07) is 16.4. The molecule has 16 heteroatoms. The fraction of sp³-hybridized carbons (Fsp3) is 0.596. The minimum absolute atomic E-state index is 0.0329. The molecule has 5 N–H and O–H groups in total. The largest absolute Gasteiger partial charge is 0.507 e. The van der Waals surface area contributed by atoms with Crippen LogP contribution in [0.15, 0.2) is 54.6 Å². The summed E-state index contributed by atoms with van der Waals surface area (Å²) >= 11 is 0. The van der Waals surface area contributed by atoms with Crippen LogP contribution in [0.2, 0.25) is 0 Å². The van der Waals surface area contributed by atoms with Gasteiger partial charge in [0.2, 0.25) is 11.8 Å². The molecule has 0 spiro atoms. The Bertz CT molecular complexity index is 2290. The summed E-state index contributed by atoms with van der Waals surface area (Å²) in [6.07, 6.45) is 12.2. The molecule has 2 aromatic carbocycles. The van der Waals surface area contributed by atoms with Gasteiger partial charge in [0.1, 0.15) is 17.8 Å². The van der Waals surface area contributed by atoms with Gasteiger partial charge in [-0.25, -0.2) is 4.79 Å². The number of anilines is 2. The Morgan fingerprint density at radius 3 is 2.25 bits per heavy atom. The highest BCUT2D eigenvalue weighted by molar-refractivity contribution is 5.93. The van der Waals surface area contributed by atoms with E-state index in [1.807, 2.05) is 68.1 Å². The van der Waals surface area contributed by atoms with Gasteiger partial charge in [-0.2, -0.15) is 0 Å². The van der Waals surface area contributed by atoms with Crippen molar-refractivity contribution in [3.8, 4) is 29.4 Å². The number of para-hydroxylation sites is 1. The lowest BCUT2D eigenvalue weighted by atomic mass is 9.85. The first-order valence-electron chi connectivity index (χ1n) is 25.1. The van der Waals surface area contributed by atoms with Crippen molar-refractivity contribution in [3.63, 3.8) is 0 Å². The number of piperazine rings is 2. The van der Waals surface area contributed by atoms with Crippen molar-refractivity contribution in [1.82, 2.24) is 45.3 Å². The van der Waals surface area contributed by atoms with E-state index >= 15 is 0 Å². The van der Waals surface area contributed by atoms with E-state index in [1.54, 1.807) is 6.07 Å². The summed E-state index contributed by atoms with van der Waals surface area (Å²) in [5, 5.41) is 39.5. The number of hydrogen-bond acceptors (Lipinski definition) is 12. The molecule has 6 heterocycles. The molecule has 0 radical (unpaired) electrons. The average Bonchev–Trinajstić information content (AvgIpc) is 3.76. The molecular formula is C52H71N11O5. The standard InChI is InChI=1S/C52H71N11O5/c1-5-35-10-12-36(13-11-35)30-54-49(66)45-28-41(64)34-63(45)50(67)47(52(2,3)4)55-51(68)60-24-22-58(23-25-60)32-37-18-20-59(21-19-37)38-14-16-39(17-15-38)61-26-27-62-40(33-61)31-53-48-44(62)29-43(56-57-48)42-8-6-7-9-46(42)65/h1,6-13,29,37-41,45,47,64-65H,14-28,30-34H2,2-4H3,(H,53,57)(H,54,66)(H,55,68)/t38-,39-,40-,41+,45-,47+/m0/s1. The number of piperidine rings is 1. The first-order valence-corrected chi connectivity index (χ1v) is 25.1. The number of carbonyl (C=O) groups is 3. The van der Waals surface area contributed by atoms with Gasteiger partial charge >= 0.3 is 6.03 Å². The van der Waals surface area contributed by atoms with Gasteiger partial charge in [0.15, 0.2) is 5.82 Å². The van der Waals surface area contributed by atoms with E-state index in [2.05, 4.69) is 57.7 Å². The normalized spacial score (nSPS) is 25.7. The SMILES string of the molecule is C#Cc1ccc(CNC(=O)[C@@H]2C[C@@H](O)CN2C(=O)[C@@H](NC(=O)N2CCN(CC3CCN([C@H]4CC[C@H](N5CCN6c7cc(-c8ccccc8O)nnc7NC[C@H]6C5)CC4)CC3)CC2)C(C)(C)C)cc1. The number of aliphatic hydroxyl groups excluding tert-OH is 1. The van der Waals surface area contributed by atoms with Gasteiger partial charge in [-0.15, -0.1) is 16.6 Å². The fourth-order valence-electron chi connectivity index (χ4n) is 11.6. The Morgan fingerprint density at radius 1 is 0.853 bits per heavy atom. The molecule has 4 atom stereocenters. The first kappa shape index (κ1) is 47.6. The lowest BCUT2D eigenvalue weighted by Gasteiger charge is -2.49. The van der Waals surface area contributed by atoms with Gasteiger partial charge in [-0.1, -0.05) is 51.0 Å². The van der Waals surface area contributed by atoms with Gasteiger partial charge in [0.25, 0.3) is 0 Å². The summed E-state index contributed by atoms with van der Waals surface area (Å²) in [5.74, 6) is 3.57. The molecule has 0 unspecified atom stereocenters. The summed E-state index contributed by atoms with van der Waals surface area (Å²) in [4.78, 5) is 55.1. The number of β-amino-alcohol motifs (C(OH)–C–C–N with tert-alkyl or cyclic N) is 1. The zero-order chi connectivity index (χ0) is 47.5. The Morgan fingerprint density at radius 2 is 1.56 bits per heavy atom. The Hall–Kier alpha value is -5.47. The molecule has 9 rings (SSSR count). The predicted octanol–water partition coefficient (Wildman–Crippen LogP) is 3.79. The maximum absolute atomic E-state index is 14.2. The van der Waals surface area contributed by atoms with Crippen molar-refractivity contribution in [1.29, 1.82) is 0 Å². The minimum atomic E-state index is -0.877. The topological polar surface area (TPSA) is 173 Å². The number of terminal acetylenes is 1. The van der Waals surface area contributed by atoms with Crippen LogP contribution in [0.4, 0.5) is 16.3 Å². The van der Waals surface area contributed by atoms with Crippen LogP contribution in [-0.2, 0) is 16.1 Å². The lowest BCUT2D eigenvalue weighted by Crippen LogP contribution is -2.61. The van der Waals surface area contributed by atoms with E-state index in [0.717, 1.165) is 81.5 Å². The van der Waals surface area contributed by atoms with Crippen LogP contribution >= 0.6 is 0 Å². The van der Waals surface area contributed by atoms with Crippen LogP contribution in [-0.4, -0.2) is 178 Å². The summed E-state index contributed by atoms with van der Waals surface area (Å²) in [7, 11) is 0. The monoisotopic (exact) mass is 930 g/mol. The van der Waals surface area contributed by atoms with Crippen molar-refractivity contribution in [2.45, 2.75) is 109 Å². The third-order valence-corrected chi connectivity index (χ3v) is 15.6. The molecule has 16 nitrogen and oxygen atoms in total. The summed E-state index contributed by atoms with van der Waals surface area (Å²) < 4.78 is 0. The maximum atomic E-state index is 14.2. The van der Waals surface area contributed by atoms with E-state index < -0.39 is 23.6 Å². The molecule has 1 aromatic heterocycles. The number of likely N-dealkylation sites (tertiary alicyclic amines) is 2. The van der Waals surface area contributed by atoms with Gasteiger partial charge in [-0.05, 0) is 98.8 Å². The van der Waals surface area contributed by atoms with Gasteiger partial charge in [0, 0.05) is 102 Å². The van der Waals surface area contributed by atoms with Crippen molar-refractivity contribution in [2.24, 2.45) is 11.3 Å². The zero-order valence-electron chi connectivity index (χ0n) is 40.2. The van der Waals surface area contributed by atoms with E-state index in [0.29, 0.717) is 48.4 Å². The van der Waals surface area contributed by atoms with Crippen molar-refractivity contribution in [2.75, 3.05) is 88.8 Å². The highest BCUT2D eigenvalue weighted by atomic mass is 16.3. The molecule has 5 fully saturated rings. The van der Waals surface area contributed by atoms with E-state index in [1.165, 1.54) is 43.4 Å². The molecule has 5 aliphatic heterocycles. The molecule has 3 aromatic rings. The predicted molar refractivity (Wildman–Crippen MR) is 263 cm³/mol. The van der Waals surface area contributed by atoms with Crippen LogP contribution in [0.25, 0.3) is 11.3 Å². The maximum Gasteiger partial charge on any atom is 0.318 e. The molecule has 6 aliphatic rings. The number of aromatic nitrogens is 2. The highest BCUT2D eigenvalue weighted by Crippen LogP contribution is 2.38. The number of phenols is 1. The molecular weight excluding hydrogens is 859 g/mol. The number of aromatic hydroxyl groups is 1. The van der Waals surface area contributed by atoms with Crippen LogP contribution in [0.1, 0.15) is 76.8 Å². The summed E-state index contributed by atoms with van der Waals surface area (Å²) in [5.41, 5.74) is 3.46. The van der Waals surface area contributed by atoms with Crippen LogP contribution in [0, 0.1) is 23.7 Å². The number of nitrogens with zero attached hydrogens (tertiary/aromatic N) is 8. The summed E-state index contributed by atoms with van der Waals surface area (Å²) in [6.45, 7) is 16.0. The second-order valence-corrected chi connectivity index (χ2v) is 21.1. The first-order chi connectivity index (χ1) is 32.8. The van der Waals surface area contributed by atoms with Gasteiger partial charge in [0.05, 0.1) is 23.5 Å². The van der Waals surface area contributed by atoms with Crippen LogP contribution in [0.5, 0.6) is 5.75 Å². The molecule has 1 saturated carbocycles. The smallest absolute Gasteiger partial charge is 0.318 e. The number of carbonyl (C=O) groups excluding carboxylic acids is 3. The number of nitrogens with one attached hydrogen (secondary N) is 3. The molecule has 1 aliphatic carbocycles. The molecule has 0 bridgehead atoms. The van der Waals surface area contributed by atoms with E-state index in [9.17, 15) is 24.6 Å². The van der Waals surface area contributed by atoms with Gasteiger partial charge < -0.3 is 45.8 Å². The zero-order valence-corrected chi connectivity index (χ0v) is 40.2. The Balaban J connectivity index is 0.689. The number of urea groups is 1. The second-order valence-electron chi connectivity index (χ2n) is 21.1. The Labute approximate surface area is 401 Å². The lowest BCUT2D eigenvalue weighted by molar-refractivity contribution is -0.142. The van der Waals surface area contributed by atoms with Crippen LogP contribution < -0.4 is 20.9 Å². The number of hydrogen-bond donors (Lipinski definition) is 5. The van der Waals surface area contributed by atoms with Crippen molar-refractivity contribution < 1.29 is 24.6 Å². The van der Waals surface area contributed by atoms with E-state index in [-0.39, 0.29) is 43.1 Å². The second kappa shape index (κ2) is 20.6. The third kappa shape index (κ3) is 10.7. The molecule has 4 amide bonds. The van der Waals surface area contributed by atoms with Crippen molar-refractivity contribution >= 4 is 29.4 Å². The number of fused-ring (bicyclic) bond motifs is 3. The molecule has 364 valence electrons. The number of phenolic OH excluding ortho intramolecular Hbond substituents is 1. The third-order valence-electron chi connectivity index (χ3n) is 15.6. The number of rotatable bonds is 10. The fourth-order valence-corrected chi connectivity index (χ4v) is 11.6. The number of benzene rings is 2. The number of amides is 4. The highest BCUT2D eigenvalue weighted by Gasteiger charge is 2.45. The van der Waals surface area contributed by atoms with Gasteiger partial charge in [-0.3, -0.25) is 19.4 Å². The molecule has 4 saturated heterocycles. The number of aliphatic hydroxyl groups is 1. The quantitative estimate of drug-likeness (QED) is 0.187. The van der Waals surface area contributed by atoms with Crippen molar-refractivity contribution in [3.05, 3.63) is 65.7 Å². The molecule has 68 heavy (non-hydrogen) atoms. The Kier molecular flexibility index (Phi) is 14.4. The van der Waals surface area contributed by atoms with E-state index in [4.69, 9.17) is 6.42 Å². The minimum Gasteiger partial charge on any atom is -0.507 e. The van der Waals surface area contributed by atoms with Crippen LogP contribution in [0.3, 0.4) is 0 Å². The average molecular weight is 930 g/mol.